The fraction of sp³-hybridized carbons (Fsp3) is 0.353. The molecule has 0 aromatic heterocycles. The first-order valence-electron chi connectivity index (χ1n) is 7.99. The second-order valence-electron chi connectivity index (χ2n) is 5.68. The minimum atomic E-state index is -0.716. The summed E-state index contributed by atoms with van der Waals surface area (Å²) in [6.45, 7) is 2.81. The van der Waals surface area contributed by atoms with Gasteiger partial charge in [-0.05, 0) is 11.6 Å². The van der Waals surface area contributed by atoms with Gasteiger partial charge < -0.3 is 14.5 Å². The average Bonchev–Trinajstić information content (AvgIpc) is 2.64. The number of ether oxygens (including phenoxy) is 1. The lowest BCUT2D eigenvalue weighted by Crippen LogP contribution is -2.51. The number of nitro benzene ring substituents is 1. The molecule has 2 amide bonds. The topological polar surface area (TPSA) is 110 Å². The van der Waals surface area contributed by atoms with Crippen molar-refractivity contribution in [3.63, 3.8) is 0 Å². The Morgan fingerprint density at radius 3 is 2.46 bits per heavy atom. The second kappa shape index (κ2) is 8.75. The van der Waals surface area contributed by atoms with Gasteiger partial charge in [0.2, 0.25) is 5.91 Å². The largest absolute Gasteiger partial charge is 0.452 e. The summed E-state index contributed by atoms with van der Waals surface area (Å²) in [7, 11) is 0. The van der Waals surface area contributed by atoms with Crippen LogP contribution in [0.1, 0.15) is 12.5 Å². The zero-order valence-electron chi connectivity index (χ0n) is 14.3. The number of hydrogen-bond donors (Lipinski definition) is 0. The maximum atomic E-state index is 12.0. The predicted octanol–water partition coefficient (Wildman–Crippen LogP) is 0.842. The van der Waals surface area contributed by atoms with Crippen molar-refractivity contribution in [3.05, 3.63) is 46.0 Å². The molecular weight excluding hydrogens is 342 g/mol. The monoisotopic (exact) mass is 361 g/mol. The molecule has 9 nitrogen and oxygen atoms in total. The van der Waals surface area contributed by atoms with Crippen LogP contribution in [0.15, 0.2) is 30.3 Å². The van der Waals surface area contributed by atoms with Crippen LogP contribution in [-0.2, 0) is 19.1 Å². The molecule has 9 heteroatoms. The van der Waals surface area contributed by atoms with Crippen molar-refractivity contribution >= 4 is 29.5 Å². The molecule has 1 aromatic rings. The van der Waals surface area contributed by atoms with Crippen molar-refractivity contribution in [3.8, 4) is 0 Å². The quantitative estimate of drug-likeness (QED) is 0.333. The Morgan fingerprint density at radius 2 is 1.85 bits per heavy atom. The number of benzene rings is 1. The Bertz CT molecular complexity index is 738. The van der Waals surface area contributed by atoms with E-state index in [-0.39, 0.29) is 17.5 Å². The minimum absolute atomic E-state index is 0.0326. The molecule has 0 saturated carbocycles. The van der Waals surface area contributed by atoms with Gasteiger partial charge in [-0.3, -0.25) is 19.7 Å². The summed E-state index contributed by atoms with van der Waals surface area (Å²) in [5, 5.41) is 10.7. The van der Waals surface area contributed by atoms with E-state index in [1.807, 2.05) is 0 Å². The molecule has 1 saturated heterocycles. The van der Waals surface area contributed by atoms with Crippen LogP contribution in [0, 0.1) is 10.1 Å². The highest BCUT2D eigenvalue weighted by atomic mass is 16.6. The molecule has 1 fully saturated rings. The number of piperazine rings is 1. The van der Waals surface area contributed by atoms with E-state index < -0.39 is 17.5 Å². The lowest BCUT2D eigenvalue weighted by atomic mass is 10.2. The molecule has 1 heterocycles. The Labute approximate surface area is 150 Å². The number of carbonyl (C=O) groups excluding carboxylic acids is 3. The molecule has 2 rings (SSSR count). The summed E-state index contributed by atoms with van der Waals surface area (Å²) in [5.41, 5.74) is 0.392. The summed E-state index contributed by atoms with van der Waals surface area (Å²) in [5.74, 6) is -1.08. The minimum Gasteiger partial charge on any atom is -0.452 e. The number of esters is 1. The third-order valence-corrected chi connectivity index (χ3v) is 3.91. The van der Waals surface area contributed by atoms with E-state index >= 15 is 0 Å². The molecule has 0 radical (unpaired) electrons. The highest BCUT2D eigenvalue weighted by Gasteiger charge is 2.22. The van der Waals surface area contributed by atoms with Crippen LogP contribution in [0.5, 0.6) is 0 Å². The first kappa shape index (κ1) is 19.1. The van der Waals surface area contributed by atoms with Gasteiger partial charge in [0.15, 0.2) is 6.61 Å². The molecule has 26 heavy (non-hydrogen) atoms. The number of carbonyl (C=O) groups is 3. The summed E-state index contributed by atoms with van der Waals surface area (Å²) >= 11 is 0. The summed E-state index contributed by atoms with van der Waals surface area (Å²) in [6, 6.07) is 5.79. The van der Waals surface area contributed by atoms with Crippen molar-refractivity contribution in [2.45, 2.75) is 6.92 Å². The van der Waals surface area contributed by atoms with E-state index in [9.17, 15) is 24.5 Å². The van der Waals surface area contributed by atoms with Crippen LogP contribution < -0.4 is 0 Å². The maximum absolute atomic E-state index is 12.0. The van der Waals surface area contributed by atoms with E-state index in [2.05, 4.69) is 0 Å². The van der Waals surface area contributed by atoms with E-state index in [1.54, 1.807) is 11.0 Å². The van der Waals surface area contributed by atoms with Gasteiger partial charge in [0.05, 0.1) is 4.92 Å². The zero-order valence-corrected chi connectivity index (χ0v) is 14.3. The fourth-order valence-electron chi connectivity index (χ4n) is 2.45. The van der Waals surface area contributed by atoms with Crippen molar-refractivity contribution in [1.29, 1.82) is 0 Å². The van der Waals surface area contributed by atoms with Crippen molar-refractivity contribution in [1.82, 2.24) is 9.80 Å². The first-order valence-corrected chi connectivity index (χ1v) is 7.99. The van der Waals surface area contributed by atoms with Crippen molar-refractivity contribution < 1.29 is 24.0 Å². The van der Waals surface area contributed by atoms with Crippen LogP contribution in [0.3, 0.4) is 0 Å². The molecule has 1 aliphatic heterocycles. The molecule has 0 aliphatic carbocycles. The maximum Gasteiger partial charge on any atom is 0.331 e. The van der Waals surface area contributed by atoms with E-state index in [4.69, 9.17) is 4.74 Å². The Kier molecular flexibility index (Phi) is 6.42. The highest BCUT2D eigenvalue weighted by molar-refractivity contribution is 5.89. The number of hydrogen-bond acceptors (Lipinski definition) is 6. The molecule has 0 unspecified atom stereocenters. The first-order chi connectivity index (χ1) is 12.4. The predicted molar refractivity (Wildman–Crippen MR) is 91.9 cm³/mol. The number of non-ortho nitro benzene ring substituents is 1. The number of rotatable bonds is 5. The van der Waals surface area contributed by atoms with Crippen LogP contribution >= 0.6 is 0 Å². The molecule has 0 N–H and O–H groups in total. The second-order valence-corrected chi connectivity index (χ2v) is 5.68. The molecule has 1 aliphatic rings. The van der Waals surface area contributed by atoms with Crippen molar-refractivity contribution in [2.24, 2.45) is 0 Å². The van der Waals surface area contributed by atoms with E-state index in [1.165, 1.54) is 36.1 Å². The van der Waals surface area contributed by atoms with Gasteiger partial charge >= 0.3 is 5.97 Å². The Balaban J connectivity index is 1.79. The van der Waals surface area contributed by atoms with Crippen LogP contribution in [0.2, 0.25) is 0 Å². The van der Waals surface area contributed by atoms with Gasteiger partial charge in [-0.2, -0.15) is 0 Å². The lowest BCUT2D eigenvalue weighted by molar-refractivity contribution is -0.384. The van der Waals surface area contributed by atoms with Crippen LogP contribution in [-0.4, -0.2) is 65.3 Å². The van der Waals surface area contributed by atoms with Gasteiger partial charge in [0, 0.05) is 51.3 Å². The third kappa shape index (κ3) is 5.40. The van der Waals surface area contributed by atoms with Crippen LogP contribution in [0.25, 0.3) is 6.08 Å². The SMILES string of the molecule is CC(=O)N1CCN(C(=O)COC(=O)/C=C/c2cccc([N+](=O)[O-])c2)CC1. The number of nitro groups is 1. The molecule has 0 spiro atoms. The third-order valence-electron chi connectivity index (χ3n) is 3.91. The highest BCUT2D eigenvalue weighted by Crippen LogP contribution is 2.14. The summed E-state index contributed by atoms with van der Waals surface area (Å²) in [4.78, 5) is 48.3. The number of amides is 2. The zero-order chi connectivity index (χ0) is 19.1. The number of nitrogens with zero attached hydrogens (tertiary/aromatic N) is 3. The molecule has 0 bridgehead atoms. The average molecular weight is 361 g/mol. The van der Waals surface area contributed by atoms with Gasteiger partial charge in [0.25, 0.3) is 11.6 Å². The van der Waals surface area contributed by atoms with E-state index in [0.717, 1.165) is 6.08 Å². The van der Waals surface area contributed by atoms with Gasteiger partial charge in [-0.1, -0.05) is 12.1 Å². The molecule has 0 atom stereocenters. The van der Waals surface area contributed by atoms with Crippen molar-refractivity contribution in [2.75, 3.05) is 32.8 Å². The van der Waals surface area contributed by atoms with Gasteiger partial charge in [-0.25, -0.2) is 4.79 Å². The normalized spacial score (nSPS) is 14.3. The lowest BCUT2D eigenvalue weighted by Gasteiger charge is -2.34. The van der Waals surface area contributed by atoms with Gasteiger partial charge in [-0.15, -0.1) is 0 Å². The standard InChI is InChI=1S/C17H19N3O6/c1-13(21)18-7-9-19(10-8-18)16(22)12-26-17(23)6-5-14-3-2-4-15(11-14)20(24)25/h2-6,11H,7-10,12H2,1H3/b6-5+. The fourth-order valence-corrected chi connectivity index (χ4v) is 2.45. The smallest absolute Gasteiger partial charge is 0.331 e. The summed E-state index contributed by atoms with van der Waals surface area (Å²) < 4.78 is 4.90. The molecule has 138 valence electrons. The van der Waals surface area contributed by atoms with E-state index in [0.29, 0.717) is 31.7 Å². The molecular formula is C17H19N3O6. The summed E-state index contributed by atoms with van der Waals surface area (Å²) in [6.07, 6.45) is 2.49. The Morgan fingerprint density at radius 1 is 1.19 bits per heavy atom. The molecule has 1 aromatic carbocycles. The van der Waals surface area contributed by atoms with Gasteiger partial charge in [0.1, 0.15) is 0 Å². The van der Waals surface area contributed by atoms with Crippen LogP contribution in [0.4, 0.5) is 5.69 Å². The Hall–Kier alpha value is -3.23.